The van der Waals surface area contributed by atoms with E-state index in [1.807, 2.05) is 109 Å². The van der Waals surface area contributed by atoms with Crippen molar-refractivity contribution in [1.82, 2.24) is 0 Å². The highest BCUT2D eigenvalue weighted by atomic mass is 16.3. The summed E-state index contributed by atoms with van der Waals surface area (Å²) in [5, 5.41) is 3.57. The highest BCUT2D eigenvalue weighted by Crippen LogP contribution is 2.45. The molecular formula is C46H31NO. The van der Waals surface area contributed by atoms with E-state index in [9.17, 15) is 5.48 Å². The van der Waals surface area contributed by atoms with Gasteiger partial charge in [0.15, 0.2) is 0 Å². The third kappa shape index (κ3) is 4.83. The van der Waals surface area contributed by atoms with Gasteiger partial charge in [-0.1, -0.05) is 139 Å². The molecule has 0 aliphatic heterocycles. The molecule has 0 bridgehead atoms. The van der Waals surface area contributed by atoms with Crippen LogP contribution < -0.4 is 4.90 Å². The lowest BCUT2D eigenvalue weighted by atomic mass is 9.96. The third-order valence-electron chi connectivity index (χ3n) is 8.63. The lowest BCUT2D eigenvalue weighted by Crippen LogP contribution is -2.11. The minimum absolute atomic E-state index is 0.0719. The SMILES string of the molecule is [2H]c1c([2H])c([2H])c(N(c2ccccc2-c2cccc3oc4c5ccccc5ccc4c23)c2c([2H])c([2H])c(-c3cccc(-c4ccccc4)c3)c([2H])c2[2H])c([2H])c1[2H]. The van der Waals surface area contributed by atoms with Gasteiger partial charge >= 0.3 is 0 Å². The summed E-state index contributed by atoms with van der Waals surface area (Å²) in [6, 6.07) is 37.0. The third-order valence-corrected chi connectivity index (χ3v) is 8.63. The zero-order valence-electron chi connectivity index (χ0n) is 34.6. The summed E-state index contributed by atoms with van der Waals surface area (Å²) in [4.78, 5) is 1.29. The summed E-state index contributed by atoms with van der Waals surface area (Å²) < 4.78 is 88.1. The molecule has 0 fully saturated rings. The second kappa shape index (κ2) is 11.8. The van der Waals surface area contributed by atoms with Gasteiger partial charge in [-0.2, -0.15) is 0 Å². The van der Waals surface area contributed by atoms with Crippen LogP contribution in [0.25, 0.3) is 66.1 Å². The number of furan rings is 1. The molecule has 0 N–H and O–H groups in total. The quantitative estimate of drug-likeness (QED) is 0.183. The van der Waals surface area contributed by atoms with E-state index in [1.54, 1.807) is 24.3 Å². The van der Waals surface area contributed by atoms with Crippen LogP contribution in [0.1, 0.15) is 12.3 Å². The summed E-state index contributed by atoms with van der Waals surface area (Å²) in [7, 11) is 0. The minimum atomic E-state index is -0.604. The molecule has 0 aliphatic carbocycles. The predicted octanol–water partition coefficient (Wildman–Crippen LogP) is 13.2. The van der Waals surface area contributed by atoms with Gasteiger partial charge in [0.05, 0.1) is 18.0 Å². The maximum absolute atomic E-state index is 9.53. The van der Waals surface area contributed by atoms with Crippen molar-refractivity contribution in [1.29, 1.82) is 0 Å². The Kier molecular flexibility index (Phi) is 4.90. The molecule has 0 amide bonds. The van der Waals surface area contributed by atoms with Gasteiger partial charge in [-0.15, -0.1) is 0 Å². The molecule has 226 valence electrons. The maximum Gasteiger partial charge on any atom is 0.143 e. The molecule has 48 heavy (non-hydrogen) atoms. The van der Waals surface area contributed by atoms with Gasteiger partial charge in [-0.3, -0.25) is 0 Å². The molecule has 0 aliphatic rings. The molecule has 9 rings (SSSR count). The molecule has 1 aromatic heterocycles. The van der Waals surface area contributed by atoms with Crippen LogP contribution in [0.4, 0.5) is 17.1 Å². The Morgan fingerprint density at radius 3 is 1.98 bits per heavy atom. The maximum atomic E-state index is 9.53. The number of fused-ring (bicyclic) bond motifs is 5. The minimum Gasteiger partial charge on any atom is -0.455 e. The lowest BCUT2D eigenvalue weighted by molar-refractivity contribution is 0.673. The van der Waals surface area contributed by atoms with E-state index in [0.717, 1.165) is 32.7 Å². The number of nitrogens with zero attached hydrogens (tertiary/aromatic N) is 1. The Bertz CT molecular complexity index is 3030. The molecule has 2 heteroatoms. The van der Waals surface area contributed by atoms with Crippen LogP contribution in [0.3, 0.4) is 0 Å². The summed E-state index contributed by atoms with van der Waals surface area (Å²) in [6.45, 7) is 0. The Morgan fingerprint density at radius 2 is 1.12 bits per heavy atom. The summed E-state index contributed by atoms with van der Waals surface area (Å²) in [5.41, 5.74) is 4.53. The molecule has 0 unspecified atom stereocenters. The van der Waals surface area contributed by atoms with Crippen LogP contribution >= 0.6 is 0 Å². The first-order chi connectivity index (χ1) is 27.6. The number of benzene rings is 8. The van der Waals surface area contributed by atoms with Crippen LogP contribution in [0.5, 0.6) is 0 Å². The van der Waals surface area contributed by atoms with Crippen molar-refractivity contribution < 1.29 is 16.8 Å². The van der Waals surface area contributed by atoms with Crippen LogP contribution in [0.15, 0.2) is 192 Å². The Hall–Kier alpha value is -6.38. The van der Waals surface area contributed by atoms with Crippen LogP contribution in [0, 0.1) is 0 Å². The fourth-order valence-electron chi connectivity index (χ4n) is 6.43. The number of hydrogen-bond donors (Lipinski definition) is 0. The Morgan fingerprint density at radius 1 is 0.458 bits per heavy atom. The zero-order valence-corrected chi connectivity index (χ0v) is 25.6. The normalized spacial score (nSPS) is 14.0. The first kappa shape index (κ1) is 20.0. The molecule has 1 heterocycles. The number of anilines is 3. The van der Waals surface area contributed by atoms with Crippen molar-refractivity contribution in [2.75, 3.05) is 4.90 Å². The van der Waals surface area contributed by atoms with Gasteiger partial charge in [0.2, 0.25) is 0 Å². The number of para-hydroxylation sites is 2. The van der Waals surface area contributed by atoms with Crippen molar-refractivity contribution in [2.24, 2.45) is 0 Å². The molecule has 0 atom stereocenters. The Balaban J connectivity index is 1.34. The highest BCUT2D eigenvalue weighted by Gasteiger charge is 2.20. The van der Waals surface area contributed by atoms with Gasteiger partial charge in [-0.25, -0.2) is 0 Å². The average Bonchev–Trinajstić information content (AvgIpc) is 3.64. The van der Waals surface area contributed by atoms with E-state index in [4.69, 9.17) is 11.3 Å². The van der Waals surface area contributed by atoms with Crippen molar-refractivity contribution in [2.45, 2.75) is 0 Å². The predicted molar refractivity (Wildman–Crippen MR) is 202 cm³/mol. The lowest BCUT2D eigenvalue weighted by Gasteiger charge is -2.28. The standard InChI is InChI=1S/C46H31NO/c1-3-13-32(14-4-1)35-16-11-17-36(31-35)33-25-28-38(29-26-33)47(37-18-5-2-6-19-37)43-23-10-9-21-40(43)41-22-12-24-44-45(41)42-30-27-34-15-7-8-20-39(34)46(42)48-44/h1-31H/i2D,5D,6D,18D,19D,25D,26D,28D,29D. The highest BCUT2D eigenvalue weighted by molar-refractivity contribution is 6.19. The topological polar surface area (TPSA) is 16.4 Å². The van der Waals surface area contributed by atoms with Crippen LogP contribution in [0.2, 0.25) is 0 Å². The van der Waals surface area contributed by atoms with Crippen molar-refractivity contribution >= 4 is 49.8 Å². The van der Waals surface area contributed by atoms with E-state index in [1.165, 1.54) is 4.90 Å². The smallest absolute Gasteiger partial charge is 0.143 e. The van der Waals surface area contributed by atoms with E-state index < -0.39 is 42.3 Å². The summed E-state index contributed by atoms with van der Waals surface area (Å²) in [5.74, 6) is 0. The van der Waals surface area contributed by atoms with Gasteiger partial charge in [0.1, 0.15) is 11.2 Å². The fourth-order valence-corrected chi connectivity index (χ4v) is 6.43. The van der Waals surface area contributed by atoms with Gasteiger partial charge < -0.3 is 9.32 Å². The second-order valence-corrected chi connectivity index (χ2v) is 11.4. The number of rotatable bonds is 6. The molecular weight excluding hydrogens is 583 g/mol. The largest absolute Gasteiger partial charge is 0.455 e. The molecule has 0 spiro atoms. The van der Waals surface area contributed by atoms with E-state index in [2.05, 4.69) is 0 Å². The summed E-state index contributed by atoms with van der Waals surface area (Å²) in [6.07, 6.45) is 0. The van der Waals surface area contributed by atoms with E-state index >= 15 is 0 Å². The van der Waals surface area contributed by atoms with Crippen molar-refractivity contribution in [3.63, 3.8) is 0 Å². The van der Waals surface area contributed by atoms with E-state index in [0.29, 0.717) is 27.9 Å². The summed E-state index contributed by atoms with van der Waals surface area (Å²) >= 11 is 0. The number of hydrogen-bond acceptors (Lipinski definition) is 2. The zero-order chi connectivity index (χ0) is 39.7. The monoisotopic (exact) mass is 622 g/mol. The molecule has 0 saturated heterocycles. The molecule has 0 saturated carbocycles. The van der Waals surface area contributed by atoms with Gasteiger partial charge in [-0.05, 0) is 81.6 Å². The molecule has 9 aromatic rings. The van der Waals surface area contributed by atoms with Gasteiger partial charge in [0.25, 0.3) is 0 Å². The first-order valence-electron chi connectivity index (χ1n) is 20.1. The van der Waals surface area contributed by atoms with Crippen molar-refractivity contribution in [3.05, 3.63) is 188 Å². The Labute approximate surface area is 292 Å². The first-order valence-corrected chi connectivity index (χ1v) is 15.6. The average molecular weight is 623 g/mol. The van der Waals surface area contributed by atoms with Gasteiger partial charge in [0, 0.05) is 33.1 Å². The second-order valence-electron chi connectivity index (χ2n) is 11.4. The molecule has 8 aromatic carbocycles. The van der Waals surface area contributed by atoms with Crippen molar-refractivity contribution in [3.8, 4) is 33.4 Å². The van der Waals surface area contributed by atoms with E-state index in [-0.39, 0.29) is 34.7 Å². The molecule has 2 nitrogen and oxygen atoms in total. The fraction of sp³-hybridized carbons (Fsp3) is 0. The van der Waals surface area contributed by atoms with Crippen LogP contribution in [-0.4, -0.2) is 0 Å². The molecule has 0 radical (unpaired) electrons. The van der Waals surface area contributed by atoms with Crippen LogP contribution in [-0.2, 0) is 0 Å².